The maximum absolute atomic E-state index is 12.4. The van der Waals surface area contributed by atoms with Gasteiger partial charge in [0.15, 0.2) is 12.4 Å². The number of aromatic nitrogens is 2. The number of carboxylic acids is 1. The van der Waals surface area contributed by atoms with Gasteiger partial charge in [-0.15, -0.1) is 0 Å². The number of aryl methyl sites for hydroxylation is 1. The summed E-state index contributed by atoms with van der Waals surface area (Å²) >= 11 is 0. The second kappa shape index (κ2) is 7.99. The third-order valence-electron chi connectivity index (χ3n) is 4.45. The fraction of sp³-hybridized carbons (Fsp3) is 0.444. The van der Waals surface area contributed by atoms with Crippen molar-refractivity contribution in [2.24, 2.45) is 11.8 Å². The van der Waals surface area contributed by atoms with Gasteiger partial charge in [-0.25, -0.2) is 0 Å². The van der Waals surface area contributed by atoms with Crippen LogP contribution in [0.4, 0.5) is 5.69 Å². The lowest BCUT2D eigenvalue weighted by Gasteiger charge is -2.25. The van der Waals surface area contributed by atoms with Gasteiger partial charge in [-0.1, -0.05) is 11.6 Å². The molecule has 0 spiro atoms. The van der Waals surface area contributed by atoms with Gasteiger partial charge in [-0.2, -0.15) is 4.98 Å². The Morgan fingerprint density at radius 2 is 2.00 bits per heavy atom. The van der Waals surface area contributed by atoms with E-state index in [4.69, 9.17) is 14.4 Å². The molecule has 1 aliphatic rings. The summed E-state index contributed by atoms with van der Waals surface area (Å²) in [6.07, 6.45) is 2.52. The van der Waals surface area contributed by atoms with E-state index in [2.05, 4.69) is 15.5 Å². The Hall–Kier alpha value is -2.90. The lowest BCUT2D eigenvalue weighted by molar-refractivity contribution is -0.143. The molecule has 2 atom stereocenters. The van der Waals surface area contributed by atoms with E-state index < -0.39 is 11.9 Å². The smallest absolute Gasteiger partial charge is 0.306 e. The Balaban J connectivity index is 1.51. The average molecular weight is 359 g/mol. The van der Waals surface area contributed by atoms with Crippen molar-refractivity contribution in [2.45, 2.75) is 39.2 Å². The molecule has 1 aliphatic carbocycles. The third-order valence-corrected chi connectivity index (χ3v) is 4.45. The zero-order valence-corrected chi connectivity index (χ0v) is 14.5. The minimum Gasteiger partial charge on any atom is -0.484 e. The molecule has 2 unspecified atom stereocenters. The Morgan fingerprint density at radius 1 is 1.27 bits per heavy atom. The van der Waals surface area contributed by atoms with Crippen molar-refractivity contribution in [3.8, 4) is 5.75 Å². The summed E-state index contributed by atoms with van der Waals surface area (Å²) in [6, 6.07) is 6.95. The highest BCUT2D eigenvalue weighted by atomic mass is 16.5. The molecular formula is C18H21N3O5. The second-order valence-electron chi connectivity index (χ2n) is 6.44. The number of anilines is 1. The number of hydrogen-bond donors (Lipinski definition) is 2. The van der Waals surface area contributed by atoms with Gasteiger partial charge in [-0.05, 0) is 50.5 Å². The number of aliphatic carboxylic acids is 1. The number of carbonyl (C=O) groups is 2. The first-order chi connectivity index (χ1) is 12.5. The molecule has 1 fully saturated rings. The summed E-state index contributed by atoms with van der Waals surface area (Å²) in [6.45, 7) is 1.90. The highest BCUT2D eigenvalue weighted by Gasteiger charge is 2.31. The SMILES string of the molecule is Cc1noc(COc2ccc(NC(=O)C3CCCC(C(=O)O)C3)cc2)n1. The lowest BCUT2D eigenvalue weighted by Crippen LogP contribution is -2.30. The van der Waals surface area contributed by atoms with E-state index in [-0.39, 0.29) is 18.4 Å². The van der Waals surface area contributed by atoms with Crippen LogP contribution < -0.4 is 10.1 Å². The predicted octanol–water partition coefficient (Wildman–Crippen LogP) is 2.79. The van der Waals surface area contributed by atoms with Crippen LogP contribution in [0.25, 0.3) is 0 Å². The van der Waals surface area contributed by atoms with Crippen molar-refractivity contribution in [1.29, 1.82) is 0 Å². The molecule has 0 radical (unpaired) electrons. The molecule has 0 aliphatic heterocycles. The van der Waals surface area contributed by atoms with Gasteiger partial charge >= 0.3 is 5.97 Å². The van der Waals surface area contributed by atoms with Gasteiger partial charge in [0.25, 0.3) is 5.89 Å². The van der Waals surface area contributed by atoms with Crippen molar-refractivity contribution in [3.05, 3.63) is 36.0 Å². The number of rotatable bonds is 6. The van der Waals surface area contributed by atoms with Gasteiger partial charge in [0, 0.05) is 11.6 Å². The van der Waals surface area contributed by atoms with Crippen LogP contribution in [0.3, 0.4) is 0 Å². The van der Waals surface area contributed by atoms with Crippen LogP contribution in [0.1, 0.15) is 37.4 Å². The first kappa shape index (κ1) is 17.9. The lowest BCUT2D eigenvalue weighted by atomic mass is 9.81. The van der Waals surface area contributed by atoms with E-state index in [0.717, 1.165) is 12.8 Å². The quantitative estimate of drug-likeness (QED) is 0.815. The van der Waals surface area contributed by atoms with Crippen LogP contribution in [0.15, 0.2) is 28.8 Å². The maximum Gasteiger partial charge on any atom is 0.306 e. The highest BCUT2D eigenvalue weighted by Crippen LogP contribution is 2.30. The number of hydrogen-bond acceptors (Lipinski definition) is 6. The van der Waals surface area contributed by atoms with E-state index in [0.29, 0.717) is 36.0 Å². The summed E-state index contributed by atoms with van der Waals surface area (Å²) in [5.41, 5.74) is 0.647. The van der Waals surface area contributed by atoms with E-state index in [1.165, 1.54) is 0 Å². The molecule has 1 saturated carbocycles. The Morgan fingerprint density at radius 3 is 2.65 bits per heavy atom. The number of carbonyl (C=O) groups excluding carboxylic acids is 1. The minimum absolute atomic E-state index is 0.133. The zero-order valence-electron chi connectivity index (χ0n) is 14.5. The molecule has 8 heteroatoms. The molecule has 2 aromatic rings. The molecule has 8 nitrogen and oxygen atoms in total. The van der Waals surface area contributed by atoms with Crippen molar-refractivity contribution < 1.29 is 24.0 Å². The Kier molecular flexibility index (Phi) is 5.50. The molecule has 26 heavy (non-hydrogen) atoms. The first-order valence-corrected chi connectivity index (χ1v) is 8.57. The van der Waals surface area contributed by atoms with Crippen LogP contribution in [-0.4, -0.2) is 27.1 Å². The fourth-order valence-electron chi connectivity index (χ4n) is 3.07. The molecule has 1 aromatic carbocycles. The number of amides is 1. The summed E-state index contributed by atoms with van der Waals surface area (Å²) < 4.78 is 10.5. The predicted molar refractivity (Wildman–Crippen MR) is 91.5 cm³/mol. The van der Waals surface area contributed by atoms with Crippen LogP contribution in [-0.2, 0) is 16.2 Å². The third kappa shape index (κ3) is 4.59. The van der Waals surface area contributed by atoms with Crippen LogP contribution in [0, 0.1) is 18.8 Å². The second-order valence-corrected chi connectivity index (χ2v) is 6.44. The molecular weight excluding hydrogens is 338 g/mol. The normalized spacial score (nSPS) is 19.7. The first-order valence-electron chi connectivity index (χ1n) is 8.57. The maximum atomic E-state index is 12.4. The van der Waals surface area contributed by atoms with Crippen molar-refractivity contribution >= 4 is 17.6 Å². The van der Waals surface area contributed by atoms with Crippen molar-refractivity contribution in [1.82, 2.24) is 10.1 Å². The van der Waals surface area contributed by atoms with E-state index in [1.54, 1.807) is 31.2 Å². The van der Waals surface area contributed by atoms with Gasteiger partial charge in [0.2, 0.25) is 5.91 Å². The van der Waals surface area contributed by atoms with E-state index in [1.807, 2.05) is 0 Å². The summed E-state index contributed by atoms with van der Waals surface area (Å²) in [7, 11) is 0. The summed E-state index contributed by atoms with van der Waals surface area (Å²) in [5.74, 6) is -0.0846. The number of ether oxygens (including phenoxy) is 1. The number of nitrogens with one attached hydrogen (secondary N) is 1. The number of benzene rings is 1. The van der Waals surface area contributed by atoms with Crippen molar-refractivity contribution in [3.63, 3.8) is 0 Å². The summed E-state index contributed by atoms with van der Waals surface area (Å²) in [5, 5.41) is 15.7. The molecule has 138 valence electrons. The topological polar surface area (TPSA) is 115 Å². The van der Waals surface area contributed by atoms with E-state index in [9.17, 15) is 9.59 Å². The average Bonchev–Trinajstić information content (AvgIpc) is 3.06. The number of nitrogens with zero attached hydrogens (tertiary/aromatic N) is 2. The molecule has 1 amide bonds. The Labute approximate surface area is 150 Å². The van der Waals surface area contributed by atoms with Crippen LogP contribution in [0.5, 0.6) is 5.75 Å². The largest absolute Gasteiger partial charge is 0.484 e. The molecule has 0 saturated heterocycles. The van der Waals surface area contributed by atoms with Crippen molar-refractivity contribution in [2.75, 3.05) is 5.32 Å². The zero-order chi connectivity index (χ0) is 18.5. The fourth-order valence-corrected chi connectivity index (χ4v) is 3.07. The van der Waals surface area contributed by atoms with E-state index >= 15 is 0 Å². The number of carboxylic acid groups (broad SMARTS) is 1. The molecule has 0 bridgehead atoms. The Bertz CT molecular complexity index is 771. The summed E-state index contributed by atoms with van der Waals surface area (Å²) in [4.78, 5) is 27.5. The van der Waals surface area contributed by atoms with Crippen LogP contribution >= 0.6 is 0 Å². The van der Waals surface area contributed by atoms with Gasteiger partial charge in [0.05, 0.1) is 5.92 Å². The van der Waals surface area contributed by atoms with Gasteiger partial charge in [0.1, 0.15) is 5.75 Å². The van der Waals surface area contributed by atoms with Gasteiger partial charge < -0.3 is 19.7 Å². The minimum atomic E-state index is -0.819. The molecule has 1 aromatic heterocycles. The highest BCUT2D eigenvalue weighted by molar-refractivity contribution is 5.93. The van der Waals surface area contributed by atoms with Crippen LogP contribution in [0.2, 0.25) is 0 Å². The molecule has 1 heterocycles. The standard InChI is InChI=1S/C18H21N3O5/c1-11-19-16(26-21-11)10-25-15-7-5-14(6-8-15)20-17(22)12-3-2-4-13(9-12)18(23)24/h5-8,12-13H,2-4,9-10H2,1H3,(H,20,22)(H,23,24). The van der Waals surface area contributed by atoms with Gasteiger partial charge in [-0.3, -0.25) is 9.59 Å². The molecule has 3 rings (SSSR count). The molecule has 2 N–H and O–H groups in total. The monoisotopic (exact) mass is 359 g/mol.